The predicted molar refractivity (Wildman–Crippen MR) is 81.0 cm³/mol. The number of hydrogen-bond acceptors (Lipinski definition) is 5. The van der Waals surface area contributed by atoms with Crippen LogP contribution in [0.3, 0.4) is 0 Å². The monoisotopic (exact) mass is 317 g/mol. The third-order valence-corrected chi connectivity index (χ3v) is 4.55. The van der Waals surface area contributed by atoms with Crippen LogP contribution in [0.15, 0.2) is 24.3 Å². The number of aliphatic hydroxyl groups excluding tert-OH is 1. The van der Waals surface area contributed by atoms with Crippen molar-refractivity contribution in [2.24, 2.45) is 5.73 Å². The Morgan fingerprint density at radius 3 is 2.71 bits per heavy atom. The maximum atomic E-state index is 12.1. The van der Waals surface area contributed by atoms with Gasteiger partial charge in [-0.3, -0.25) is 0 Å². The highest BCUT2D eigenvalue weighted by Gasteiger charge is 2.20. The standard InChI is InChI=1S/C13H23N3O4S/c1-10(17)13(14)8-15-21(18,19)16(2)9-11-5-4-6-12(7-11)20-3/h4-7,10,13,15,17H,8-9,14H2,1-3H3. The minimum Gasteiger partial charge on any atom is -0.497 e. The van der Waals surface area contributed by atoms with E-state index in [0.29, 0.717) is 5.75 Å². The highest BCUT2D eigenvalue weighted by molar-refractivity contribution is 7.87. The van der Waals surface area contributed by atoms with Crippen molar-refractivity contribution in [1.82, 2.24) is 9.03 Å². The van der Waals surface area contributed by atoms with Gasteiger partial charge in [-0.15, -0.1) is 0 Å². The van der Waals surface area contributed by atoms with Gasteiger partial charge < -0.3 is 15.6 Å². The fourth-order valence-electron chi connectivity index (χ4n) is 1.60. The zero-order valence-corrected chi connectivity index (χ0v) is 13.3. The maximum absolute atomic E-state index is 12.1. The van der Waals surface area contributed by atoms with E-state index in [1.54, 1.807) is 25.3 Å². The number of aliphatic hydroxyl groups is 1. The Hall–Kier alpha value is -1.19. The molecule has 0 aromatic heterocycles. The van der Waals surface area contributed by atoms with E-state index in [-0.39, 0.29) is 13.1 Å². The zero-order chi connectivity index (χ0) is 16.0. The van der Waals surface area contributed by atoms with Crippen LogP contribution in [-0.2, 0) is 16.8 Å². The molecule has 0 aliphatic heterocycles. The van der Waals surface area contributed by atoms with Crippen LogP contribution in [-0.4, -0.2) is 50.7 Å². The second-order valence-corrected chi connectivity index (χ2v) is 6.73. The number of hydrogen-bond donors (Lipinski definition) is 3. The van der Waals surface area contributed by atoms with E-state index < -0.39 is 22.4 Å². The van der Waals surface area contributed by atoms with E-state index in [9.17, 15) is 13.5 Å². The van der Waals surface area contributed by atoms with Crippen molar-refractivity contribution in [3.8, 4) is 5.75 Å². The first-order valence-corrected chi connectivity index (χ1v) is 7.97. The van der Waals surface area contributed by atoms with E-state index >= 15 is 0 Å². The SMILES string of the molecule is COc1cccc(CN(C)S(=O)(=O)NCC(N)C(C)O)c1. The van der Waals surface area contributed by atoms with Crippen molar-refractivity contribution < 1.29 is 18.3 Å². The molecule has 0 heterocycles. The molecule has 0 spiro atoms. The number of ether oxygens (including phenoxy) is 1. The molecule has 7 nitrogen and oxygen atoms in total. The van der Waals surface area contributed by atoms with Gasteiger partial charge in [0.1, 0.15) is 5.75 Å². The van der Waals surface area contributed by atoms with E-state index in [1.165, 1.54) is 18.3 Å². The highest BCUT2D eigenvalue weighted by Crippen LogP contribution is 2.14. The van der Waals surface area contributed by atoms with Gasteiger partial charge in [0.2, 0.25) is 0 Å². The number of methoxy groups -OCH3 is 1. The summed E-state index contributed by atoms with van der Waals surface area (Å²) >= 11 is 0. The Morgan fingerprint density at radius 1 is 1.48 bits per heavy atom. The molecule has 0 radical (unpaired) electrons. The molecule has 1 rings (SSSR count). The molecule has 8 heteroatoms. The van der Waals surface area contributed by atoms with Crippen molar-refractivity contribution in [1.29, 1.82) is 0 Å². The fourth-order valence-corrected chi connectivity index (χ4v) is 2.54. The van der Waals surface area contributed by atoms with Crippen molar-refractivity contribution in [2.45, 2.75) is 25.6 Å². The molecule has 120 valence electrons. The van der Waals surface area contributed by atoms with Crippen molar-refractivity contribution in [2.75, 3.05) is 20.7 Å². The summed E-state index contributed by atoms with van der Waals surface area (Å²) in [6.45, 7) is 1.69. The Balaban J connectivity index is 2.66. The molecule has 21 heavy (non-hydrogen) atoms. The second-order valence-electron chi connectivity index (χ2n) is 4.87. The molecule has 1 aromatic carbocycles. The average molecular weight is 317 g/mol. The number of rotatable bonds is 8. The number of nitrogens with zero attached hydrogens (tertiary/aromatic N) is 1. The lowest BCUT2D eigenvalue weighted by atomic mass is 10.2. The Kier molecular flexibility index (Phi) is 6.56. The predicted octanol–water partition coefficient (Wildman–Crippen LogP) is -0.330. The molecule has 0 saturated heterocycles. The number of benzene rings is 1. The van der Waals surface area contributed by atoms with Crippen LogP contribution in [0.25, 0.3) is 0 Å². The second kappa shape index (κ2) is 7.71. The smallest absolute Gasteiger partial charge is 0.279 e. The van der Waals surface area contributed by atoms with E-state index in [2.05, 4.69) is 4.72 Å². The fraction of sp³-hybridized carbons (Fsp3) is 0.538. The van der Waals surface area contributed by atoms with Gasteiger partial charge in [0.15, 0.2) is 0 Å². The summed E-state index contributed by atoms with van der Waals surface area (Å²) in [4.78, 5) is 0. The Labute approximate surface area is 125 Å². The van der Waals surface area contributed by atoms with Gasteiger partial charge in [-0.25, -0.2) is 4.72 Å². The summed E-state index contributed by atoms with van der Waals surface area (Å²) in [5, 5.41) is 9.26. The van der Waals surface area contributed by atoms with Crippen molar-refractivity contribution in [3.63, 3.8) is 0 Å². The first kappa shape index (κ1) is 17.9. The quantitative estimate of drug-likeness (QED) is 0.609. The lowest BCUT2D eigenvalue weighted by Crippen LogP contribution is -2.47. The highest BCUT2D eigenvalue weighted by atomic mass is 32.2. The van der Waals surface area contributed by atoms with Crippen molar-refractivity contribution >= 4 is 10.2 Å². The van der Waals surface area contributed by atoms with Gasteiger partial charge >= 0.3 is 0 Å². The molecular formula is C13H23N3O4S. The minimum absolute atomic E-state index is 0.0253. The number of nitrogens with one attached hydrogen (secondary N) is 1. The third kappa shape index (κ3) is 5.60. The largest absolute Gasteiger partial charge is 0.497 e. The summed E-state index contributed by atoms with van der Waals surface area (Å²) < 4.78 is 32.8. The third-order valence-electron chi connectivity index (χ3n) is 3.07. The zero-order valence-electron chi connectivity index (χ0n) is 12.5. The molecule has 0 fully saturated rings. The van der Waals surface area contributed by atoms with E-state index in [0.717, 1.165) is 5.56 Å². The van der Waals surface area contributed by atoms with Gasteiger partial charge in [-0.1, -0.05) is 12.1 Å². The summed E-state index contributed by atoms with van der Waals surface area (Å²) in [6, 6.07) is 6.53. The van der Waals surface area contributed by atoms with Crippen LogP contribution >= 0.6 is 0 Å². The molecule has 4 N–H and O–H groups in total. The Bertz CT molecular complexity index is 548. The lowest BCUT2D eigenvalue weighted by Gasteiger charge is -2.20. The molecular weight excluding hydrogens is 294 g/mol. The molecule has 0 amide bonds. The lowest BCUT2D eigenvalue weighted by molar-refractivity contribution is 0.164. The van der Waals surface area contributed by atoms with Gasteiger partial charge in [0, 0.05) is 26.2 Å². The summed E-state index contributed by atoms with van der Waals surface area (Å²) in [5.74, 6) is 0.669. The van der Waals surface area contributed by atoms with Crippen LogP contribution < -0.4 is 15.2 Å². The molecule has 0 bridgehead atoms. The Morgan fingerprint density at radius 2 is 2.14 bits per heavy atom. The van der Waals surface area contributed by atoms with Gasteiger partial charge in [0.05, 0.1) is 13.2 Å². The first-order chi connectivity index (χ1) is 9.76. The van der Waals surface area contributed by atoms with Crippen LogP contribution in [0, 0.1) is 0 Å². The van der Waals surface area contributed by atoms with Gasteiger partial charge in [-0.05, 0) is 24.6 Å². The summed E-state index contributed by atoms with van der Waals surface area (Å²) in [6.07, 6.45) is -0.781. The molecule has 2 atom stereocenters. The van der Waals surface area contributed by atoms with E-state index in [1.807, 2.05) is 6.07 Å². The molecule has 1 aromatic rings. The minimum atomic E-state index is -3.66. The molecule has 0 saturated carbocycles. The first-order valence-electron chi connectivity index (χ1n) is 6.53. The van der Waals surface area contributed by atoms with Gasteiger partial charge in [0.25, 0.3) is 10.2 Å². The van der Waals surface area contributed by atoms with Crippen LogP contribution in [0.5, 0.6) is 5.75 Å². The normalized spacial score (nSPS) is 15.0. The molecule has 0 aliphatic rings. The topological polar surface area (TPSA) is 105 Å². The van der Waals surface area contributed by atoms with Gasteiger partial charge in [-0.2, -0.15) is 12.7 Å². The molecule has 2 unspecified atom stereocenters. The maximum Gasteiger partial charge on any atom is 0.279 e. The van der Waals surface area contributed by atoms with Crippen LogP contribution in [0.1, 0.15) is 12.5 Å². The summed E-state index contributed by atoms with van der Waals surface area (Å²) in [7, 11) is -0.633. The average Bonchev–Trinajstić information content (AvgIpc) is 2.44. The number of nitrogens with two attached hydrogens (primary N) is 1. The van der Waals surface area contributed by atoms with Crippen LogP contribution in [0.2, 0.25) is 0 Å². The summed E-state index contributed by atoms with van der Waals surface area (Å²) in [5.41, 5.74) is 6.41. The molecule has 0 aliphatic carbocycles. The van der Waals surface area contributed by atoms with Crippen LogP contribution in [0.4, 0.5) is 0 Å². The van der Waals surface area contributed by atoms with Crippen molar-refractivity contribution in [3.05, 3.63) is 29.8 Å². The van der Waals surface area contributed by atoms with E-state index in [4.69, 9.17) is 10.5 Å².